The molecule has 40 heavy (non-hydrogen) atoms. The molecule has 3 unspecified atom stereocenters. The average molecular weight is 569 g/mol. The zero-order valence-corrected chi connectivity index (χ0v) is 23.2. The zero-order chi connectivity index (χ0) is 29.1. The second-order valence-corrected chi connectivity index (χ2v) is 9.77. The van der Waals surface area contributed by atoms with Gasteiger partial charge in [-0.15, -0.1) is 0 Å². The van der Waals surface area contributed by atoms with E-state index in [0.29, 0.717) is 28.3 Å². The highest BCUT2D eigenvalue weighted by atomic mass is 35.5. The molecule has 0 spiro atoms. The Morgan fingerprint density at radius 2 is 1.82 bits per heavy atom. The molecule has 0 saturated carbocycles. The molecule has 0 amide bonds. The smallest absolute Gasteiger partial charge is 0.336 e. The molecule has 0 radical (unpaired) electrons. The first-order valence-corrected chi connectivity index (χ1v) is 13.2. The van der Waals surface area contributed by atoms with Crippen LogP contribution < -0.4 is 10.1 Å². The highest BCUT2D eigenvalue weighted by molar-refractivity contribution is 6.32. The van der Waals surface area contributed by atoms with Crippen LogP contribution in [0.15, 0.2) is 65.0 Å². The summed E-state index contributed by atoms with van der Waals surface area (Å²) in [5.41, 5.74) is 1.84. The van der Waals surface area contributed by atoms with Crippen molar-refractivity contribution >= 4 is 35.0 Å². The van der Waals surface area contributed by atoms with Gasteiger partial charge in [-0.2, -0.15) is 0 Å². The number of ketones is 1. The SMILES string of the molecule is CCOC(=O)C1=C(C)NC2=C(C(=O)C(C(=O)OCC)C(c3cccc(OC)c3)C2)C1c1ccc(Cl)c([N+](=O)[O-])c1. The molecular formula is C29H29ClN2O8. The van der Waals surface area contributed by atoms with Crippen molar-refractivity contribution in [1.82, 2.24) is 5.32 Å². The molecule has 1 N–H and O–H groups in total. The van der Waals surface area contributed by atoms with Crippen LogP contribution in [0.5, 0.6) is 5.75 Å². The van der Waals surface area contributed by atoms with Gasteiger partial charge >= 0.3 is 11.9 Å². The van der Waals surface area contributed by atoms with Gasteiger partial charge < -0.3 is 19.5 Å². The first kappa shape index (κ1) is 28.8. The van der Waals surface area contributed by atoms with E-state index in [9.17, 15) is 24.5 Å². The fraction of sp³-hybridized carbons (Fsp3) is 0.345. The Hall–Kier alpha value is -4.18. The molecule has 3 atom stereocenters. The van der Waals surface area contributed by atoms with Crippen LogP contribution in [0, 0.1) is 16.0 Å². The van der Waals surface area contributed by atoms with E-state index < -0.39 is 40.4 Å². The van der Waals surface area contributed by atoms with Crippen LogP contribution in [0.3, 0.4) is 0 Å². The molecule has 0 fully saturated rings. The van der Waals surface area contributed by atoms with Gasteiger partial charge in [-0.05, 0) is 56.5 Å². The first-order chi connectivity index (χ1) is 19.1. The Morgan fingerprint density at radius 1 is 1.10 bits per heavy atom. The lowest BCUT2D eigenvalue weighted by Gasteiger charge is -2.39. The number of nitro groups is 1. The van der Waals surface area contributed by atoms with Crippen molar-refractivity contribution in [3.63, 3.8) is 0 Å². The number of ether oxygens (including phenoxy) is 3. The molecule has 2 aromatic rings. The van der Waals surface area contributed by atoms with Gasteiger partial charge in [-0.25, -0.2) is 4.79 Å². The summed E-state index contributed by atoms with van der Waals surface area (Å²) in [6, 6.07) is 11.3. The van der Waals surface area contributed by atoms with Crippen molar-refractivity contribution in [2.24, 2.45) is 5.92 Å². The lowest BCUT2D eigenvalue weighted by molar-refractivity contribution is -0.384. The summed E-state index contributed by atoms with van der Waals surface area (Å²) in [5.74, 6) is -4.21. The van der Waals surface area contributed by atoms with E-state index in [1.807, 2.05) is 6.07 Å². The highest BCUT2D eigenvalue weighted by Crippen LogP contribution is 2.49. The third-order valence-corrected chi connectivity index (χ3v) is 7.40. The molecule has 2 aromatic carbocycles. The second kappa shape index (κ2) is 11.9. The van der Waals surface area contributed by atoms with Gasteiger partial charge in [0.1, 0.15) is 16.7 Å². The summed E-state index contributed by atoms with van der Waals surface area (Å²) in [5, 5.41) is 14.8. The largest absolute Gasteiger partial charge is 0.497 e. The maximum atomic E-state index is 14.4. The van der Waals surface area contributed by atoms with Gasteiger partial charge in [0, 0.05) is 34.9 Å². The number of methoxy groups -OCH3 is 1. The number of dihydropyridines is 1. The number of Topliss-reactive ketones (excluding diaryl/α,β-unsaturated/α-hetero) is 1. The molecule has 11 heteroatoms. The van der Waals surface area contributed by atoms with E-state index in [-0.39, 0.29) is 41.5 Å². The maximum Gasteiger partial charge on any atom is 0.336 e. The molecule has 0 saturated heterocycles. The van der Waals surface area contributed by atoms with Crippen LogP contribution in [-0.2, 0) is 23.9 Å². The second-order valence-electron chi connectivity index (χ2n) is 9.36. The topological polar surface area (TPSA) is 134 Å². The van der Waals surface area contributed by atoms with Crippen molar-refractivity contribution in [2.45, 2.75) is 39.0 Å². The Morgan fingerprint density at radius 3 is 2.48 bits per heavy atom. The van der Waals surface area contributed by atoms with Gasteiger partial charge in [0.2, 0.25) is 0 Å². The van der Waals surface area contributed by atoms with E-state index in [4.69, 9.17) is 25.8 Å². The van der Waals surface area contributed by atoms with Crippen LogP contribution in [0.25, 0.3) is 0 Å². The Bertz CT molecular complexity index is 1450. The van der Waals surface area contributed by atoms with Crippen LogP contribution in [0.1, 0.15) is 50.2 Å². The van der Waals surface area contributed by atoms with E-state index in [1.54, 1.807) is 39.0 Å². The number of carbonyl (C=O) groups is 3. The standard InChI is InChI=1S/C29H29ClN2O8/c1-5-39-28(34)23-15(3)31-21-14-19(16-8-7-9-18(12-16)38-4)25(29(35)40-6-2)27(33)26(21)24(23)17-10-11-20(30)22(13-17)32(36)37/h7-13,19,24-25,31H,5-6,14H2,1-4H3. The van der Waals surface area contributed by atoms with E-state index in [1.165, 1.54) is 25.3 Å². The van der Waals surface area contributed by atoms with Gasteiger partial charge in [0.15, 0.2) is 5.78 Å². The fourth-order valence-electron chi connectivity index (χ4n) is 5.38. The molecule has 0 bridgehead atoms. The molecular weight excluding hydrogens is 540 g/mol. The number of carbonyl (C=O) groups excluding carboxylic acids is 3. The third-order valence-electron chi connectivity index (χ3n) is 7.08. The lowest BCUT2D eigenvalue weighted by atomic mass is 9.67. The summed E-state index contributed by atoms with van der Waals surface area (Å²) < 4.78 is 16.0. The molecule has 1 aliphatic carbocycles. The highest BCUT2D eigenvalue weighted by Gasteiger charge is 2.49. The van der Waals surface area contributed by atoms with Crippen LogP contribution >= 0.6 is 11.6 Å². The maximum absolute atomic E-state index is 14.4. The first-order valence-electron chi connectivity index (χ1n) is 12.8. The van der Waals surface area contributed by atoms with E-state index >= 15 is 0 Å². The average Bonchev–Trinajstić information content (AvgIpc) is 2.92. The van der Waals surface area contributed by atoms with E-state index in [0.717, 1.165) is 0 Å². The van der Waals surface area contributed by atoms with Crippen molar-refractivity contribution in [3.05, 3.63) is 91.3 Å². The van der Waals surface area contributed by atoms with Crippen molar-refractivity contribution in [3.8, 4) is 5.75 Å². The van der Waals surface area contributed by atoms with Gasteiger partial charge in [0.25, 0.3) is 5.69 Å². The molecule has 2 aliphatic rings. The molecule has 4 rings (SSSR count). The number of nitrogens with one attached hydrogen (secondary N) is 1. The summed E-state index contributed by atoms with van der Waals surface area (Å²) >= 11 is 6.08. The number of esters is 2. The quantitative estimate of drug-likeness (QED) is 0.203. The molecule has 1 aliphatic heterocycles. The number of benzene rings is 2. The minimum atomic E-state index is -1.22. The van der Waals surface area contributed by atoms with Crippen LogP contribution in [0.2, 0.25) is 5.02 Å². The number of hydrogen-bond donors (Lipinski definition) is 1. The lowest BCUT2D eigenvalue weighted by Crippen LogP contribution is -2.43. The number of halogens is 1. The van der Waals surface area contributed by atoms with Gasteiger partial charge in [-0.1, -0.05) is 29.8 Å². The minimum absolute atomic E-state index is 0.0670. The molecule has 1 heterocycles. The van der Waals surface area contributed by atoms with E-state index in [2.05, 4.69) is 5.32 Å². The van der Waals surface area contributed by atoms with Crippen LogP contribution in [0.4, 0.5) is 5.69 Å². The van der Waals surface area contributed by atoms with Gasteiger partial charge in [0.05, 0.1) is 30.8 Å². The number of rotatable bonds is 8. The summed E-state index contributed by atoms with van der Waals surface area (Å²) in [4.78, 5) is 51.9. The predicted molar refractivity (Wildman–Crippen MR) is 146 cm³/mol. The number of nitrogens with zero attached hydrogens (tertiary/aromatic N) is 1. The summed E-state index contributed by atoms with van der Waals surface area (Å²) in [7, 11) is 1.53. The Labute approximate surface area is 236 Å². The fourth-order valence-corrected chi connectivity index (χ4v) is 5.57. The van der Waals surface area contributed by atoms with Gasteiger partial charge in [-0.3, -0.25) is 19.7 Å². The third kappa shape index (κ3) is 5.31. The molecule has 0 aromatic heterocycles. The summed E-state index contributed by atoms with van der Waals surface area (Å²) in [6.45, 7) is 5.12. The van der Waals surface area contributed by atoms with Crippen molar-refractivity contribution < 1.29 is 33.5 Å². The van der Waals surface area contributed by atoms with Crippen molar-refractivity contribution in [2.75, 3.05) is 20.3 Å². The Balaban J connectivity index is 1.94. The monoisotopic (exact) mass is 568 g/mol. The van der Waals surface area contributed by atoms with Crippen molar-refractivity contribution in [1.29, 1.82) is 0 Å². The minimum Gasteiger partial charge on any atom is -0.497 e. The zero-order valence-electron chi connectivity index (χ0n) is 22.5. The number of allylic oxidation sites excluding steroid dienone is 3. The molecule has 210 valence electrons. The predicted octanol–water partition coefficient (Wildman–Crippen LogP) is 4.97. The molecule has 10 nitrogen and oxygen atoms in total. The number of nitro benzene ring substituents is 1. The number of hydrogen-bond acceptors (Lipinski definition) is 9. The Kier molecular flexibility index (Phi) is 8.58. The summed E-state index contributed by atoms with van der Waals surface area (Å²) in [6.07, 6.45) is 0.233. The van der Waals surface area contributed by atoms with Crippen LogP contribution in [-0.4, -0.2) is 43.0 Å². The normalized spacial score (nSPS) is 20.4.